The number of β-amino-alcohol motifs (C(OH)–C–C–N with tert-alkyl or cyclic N) is 1. The highest BCUT2D eigenvalue weighted by molar-refractivity contribution is 5.91. The van der Waals surface area contributed by atoms with E-state index in [1.54, 1.807) is 0 Å². The highest BCUT2D eigenvalue weighted by Crippen LogP contribution is 2.37. The molecule has 5 aliphatic rings. The summed E-state index contributed by atoms with van der Waals surface area (Å²) in [7, 11) is 0. The Kier molecular flexibility index (Phi) is 6.58. The second-order valence-corrected chi connectivity index (χ2v) is 10.5. The molecule has 8 heteroatoms. The van der Waals surface area contributed by atoms with E-state index in [4.69, 9.17) is 4.74 Å². The van der Waals surface area contributed by atoms with Crippen molar-refractivity contribution < 1.29 is 19.0 Å². The smallest absolute Gasteiger partial charge is 0.334 e. The SMILES string of the molecule is CC1=C([C@@H]2CN3CCN(C[C@H](O)C4CC=C5C(=O)OCC5C4)C[C@@H]3CN2)CCC(F)C1C#N. The molecule has 0 aromatic rings. The van der Waals surface area contributed by atoms with Crippen molar-refractivity contribution in [3.05, 3.63) is 22.8 Å². The number of nitriles is 1. The predicted octanol–water partition coefficient (Wildman–Crippen LogP) is 1.40. The van der Waals surface area contributed by atoms with Crippen LogP contribution in [0.4, 0.5) is 4.39 Å². The van der Waals surface area contributed by atoms with Crippen LogP contribution in [-0.4, -0.2) is 91.1 Å². The molecule has 0 saturated carbocycles. The Balaban J connectivity index is 1.14. The molecule has 3 fully saturated rings. The molecule has 0 aromatic carbocycles. The van der Waals surface area contributed by atoms with Crippen LogP contribution in [0, 0.1) is 29.1 Å². The van der Waals surface area contributed by atoms with Crippen LogP contribution in [-0.2, 0) is 9.53 Å². The van der Waals surface area contributed by atoms with Gasteiger partial charge in [-0.1, -0.05) is 17.2 Å². The zero-order valence-corrected chi connectivity index (χ0v) is 19.4. The van der Waals surface area contributed by atoms with Crippen LogP contribution in [0.5, 0.6) is 0 Å². The molecule has 2 aliphatic carbocycles. The summed E-state index contributed by atoms with van der Waals surface area (Å²) < 4.78 is 19.3. The van der Waals surface area contributed by atoms with Gasteiger partial charge in [-0.25, -0.2) is 9.18 Å². The lowest BCUT2D eigenvalue weighted by Crippen LogP contribution is -2.65. The second-order valence-electron chi connectivity index (χ2n) is 10.5. The summed E-state index contributed by atoms with van der Waals surface area (Å²) in [5, 5.41) is 24.0. The first-order valence-corrected chi connectivity index (χ1v) is 12.4. The summed E-state index contributed by atoms with van der Waals surface area (Å²) >= 11 is 0. The van der Waals surface area contributed by atoms with Gasteiger partial charge in [0.05, 0.1) is 24.7 Å². The van der Waals surface area contributed by atoms with Crippen LogP contribution in [0.15, 0.2) is 22.8 Å². The molecule has 7 nitrogen and oxygen atoms in total. The molecule has 180 valence electrons. The Morgan fingerprint density at radius 3 is 3.06 bits per heavy atom. The van der Waals surface area contributed by atoms with Crippen molar-refractivity contribution in [2.24, 2.45) is 17.8 Å². The predicted molar refractivity (Wildman–Crippen MR) is 121 cm³/mol. The number of nitrogens with one attached hydrogen (secondary N) is 1. The van der Waals surface area contributed by atoms with Crippen molar-refractivity contribution in [3.63, 3.8) is 0 Å². The summed E-state index contributed by atoms with van der Waals surface area (Å²) in [4.78, 5) is 16.6. The third-order valence-electron chi connectivity index (χ3n) is 8.60. The van der Waals surface area contributed by atoms with Crippen molar-refractivity contribution in [1.82, 2.24) is 15.1 Å². The Hall–Kier alpha value is -1.79. The number of allylic oxidation sites excluding steroid dienone is 2. The Bertz CT molecular complexity index is 883. The van der Waals surface area contributed by atoms with E-state index >= 15 is 0 Å². The first kappa shape index (κ1) is 23.0. The first-order valence-electron chi connectivity index (χ1n) is 12.4. The van der Waals surface area contributed by atoms with Gasteiger partial charge in [-0.05, 0) is 38.5 Å². The van der Waals surface area contributed by atoms with Gasteiger partial charge in [-0.2, -0.15) is 5.26 Å². The molecule has 3 heterocycles. The maximum absolute atomic E-state index is 14.1. The maximum atomic E-state index is 14.1. The van der Waals surface area contributed by atoms with Crippen LogP contribution in [0.25, 0.3) is 0 Å². The van der Waals surface area contributed by atoms with Gasteiger partial charge in [0.2, 0.25) is 0 Å². The van der Waals surface area contributed by atoms with E-state index in [9.17, 15) is 19.6 Å². The van der Waals surface area contributed by atoms with Crippen LogP contribution in [0.3, 0.4) is 0 Å². The highest BCUT2D eigenvalue weighted by atomic mass is 19.1. The number of hydrogen-bond donors (Lipinski definition) is 2. The number of halogens is 1. The minimum atomic E-state index is -1.04. The lowest BCUT2D eigenvalue weighted by Gasteiger charge is -2.48. The quantitative estimate of drug-likeness (QED) is 0.486. The molecule has 0 amide bonds. The largest absolute Gasteiger partial charge is 0.462 e. The average molecular weight is 459 g/mol. The lowest BCUT2D eigenvalue weighted by molar-refractivity contribution is -0.135. The van der Waals surface area contributed by atoms with Crippen LogP contribution >= 0.6 is 0 Å². The number of esters is 1. The van der Waals surface area contributed by atoms with Gasteiger partial charge in [0.1, 0.15) is 6.17 Å². The zero-order chi connectivity index (χ0) is 23.1. The van der Waals surface area contributed by atoms with Gasteiger partial charge < -0.3 is 15.2 Å². The molecule has 0 radical (unpaired) electrons. The Morgan fingerprint density at radius 2 is 2.24 bits per heavy atom. The molecular formula is C25H35FN4O3. The van der Waals surface area contributed by atoms with Gasteiger partial charge in [-0.15, -0.1) is 0 Å². The first-order chi connectivity index (χ1) is 15.9. The minimum Gasteiger partial charge on any atom is -0.462 e. The number of hydrogen-bond acceptors (Lipinski definition) is 7. The summed E-state index contributed by atoms with van der Waals surface area (Å²) in [6, 6.07) is 2.75. The van der Waals surface area contributed by atoms with E-state index in [1.165, 1.54) is 5.57 Å². The summed E-state index contributed by atoms with van der Waals surface area (Å²) in [5.74, 6) is -0.466. The number of nitrogens with zero attached hydrogens (tertiary/aromatic N) is 3. The molecule has 0 spiro atoms. The maximum Gasteiger partial charge on any atom is 0.334 e. The van der Waals surface area contributed by atoms with Crippen LogP contribution in [0.1, 0.15) is 32.6 Å². The van der Waals surface area contributed by atoms with Crippen molar-refractivity contribution in [1.29, 1.82) is 5.26 Å². The topological polar surface area (TPSA) is 88.8 Å². The third-order valence-corrected chi connectivity index (χ3v) is 8.60. The molecule has 3 saturated heterocycles. The molecule has 0 aromatic heterocycles. The van der Waals surface area contributed by atoms with E-state index in [-0.39, 0.29) is 23.8 Å². The number of carbonyl (C=O) groups excluding carboxylic acids is 1. The van der Waals surface area contributed by atoms with Gasteiger partial charge in [0, 0.05) is 62.8 Å². The van der Waals surface area contributed by atoms with Gasteiger partial charge in [0.25, 0.3) is 0 Å². The van der Waals surface area contributed by atoms with E-state index in [1.807, 2.05) is 13.0 Å². The monoisotopic (exact) mass is 458 g/mol. The second kappa shape index (κ2) is 9.46. The van der Waals surface area contributed by atoms with Gasteiger partial charge in [0.15, 0.2) is 0 Å². The third kappa shape index (κ3) is 4.49. The summed E-state index contributed by atoms with van der Waals surface area (Å²) in [6.07, 6.45) is 3.27. The number of alkyl halides is 1. The van der Waals surface area contributed by atoms with E-state index in [0.717, 1.165) is 63.1 Å². The van der Waals surface area contributed by atoms with E-state index < -0.39 is 18.2 Å². The zero-order valence-electron chi connectivity index (χ0n) is 19.4. The van der Waals surface area contributed by atoms with Gasteiger partial charge in [-0.3, -0.25) is 9.80 Å². The fourth-order valence-corrected chi connectivity index (χ4v) is 6.55. The number of rotatable bonds is 4. The van der Waals surface area contributed by atoms with Crippen molar-refractivity contribution >= 4 is 5.97 Å². The van der Waals surface area contributed by atoms with Crippen molar-refractivity contribution in [3.8, 4) is 6.07 Å². The summed E-state index contributed by atoms with van der Waals surface area (Å²) in [5.41, 5.74) is 2.96. The summed E-state index contributed by atoms with van der Waals surface area (Å²) in [6.45, 7) is 7.60. The number of ether oxygens (including phenoxy) is 1. The Morgan fingerprint density at radius 1 is 1.39 bits per heavy atom. The number of aliphatic hydroxyl groups excluding tert-OH is 1. The van der Waals surface area contributed by atoms with Crippen LogP contribution in [0.2, 0.25) is 0 Å². The minimum absolute atomic E-state index is 0.146. The van der Waals surface area contributed by atoms with Crippen molar-refractivity contribution in [2.75, 3.05) is 45.9 Å². The number of piperazine rings is 2. The molecule has 4 unspecified atom stereocenters. The number of fused-ring (bicyclic) bond motifs is 2. The molecule has 5 rings (SSSR count). The van der Waals surface area contributed by atoms with Crippen molar-refractivity contribution in [2.45, 2.75) is 57.0 Å². The average Bonchev–Trinajstić information content (AvgIpc) is 3.19. The van der Waals surface area contributed by atoms with Crippen LogP contribution < -0.4 is 5.32 Å². The molecule has 2 N–H and O–H groups in total. The molecule has 0 bridgehead atoms. The Labute approximate surface area is 195 Å². The lowest BCUT2D eigenvalue weighted by atomic mass is 9.79. The van der Waals surface area contributed by atoms with E-state index in [0.29, 0.717) is 25.6 Å². The number of cyclic esters (lactones) is 1. The van der Waals surface area contributed by atoms with Gasteiger partial charge >= 0.3 is 5.97 Å². The molecule has 3 aliphatic heterocycles. The molecule has 33 heavy (non-hydrogen) atoms. The molecule has 7 atom stereocenters. The normalized spacial score (nSPS) is 38.7. The fraction of sp³-hybridized carbons (Fsp3) is 0.760. The fourth-order valence-electron chi connectivity index (χ4n) is 6.55. The standard InChI is InChI=1S/C25H35FN4O3/c1-15-19(4-5-22(26)21(15)9-27)23-12-30-7-6-29(11-18(30)10-28-23)13-24(31)16-2-3-20-17(8-16)14-33-25(20)32/h3,16-18,21-24,28,31H,2,4-8,10-14H2,1H3/t16?,17?,18-,21?,22?,23-,24-/m0/s1. The number of aliphatic hydroxyl groups is 1. The number of carbonyl (C=O) groups is 1. The molecular weight excluding hydrogens is 423 g/mol. The van der Waals surface area contributed by atoms with E-state index in [2.05, 4.69) is 21.2 Å². The highest BCUT2D eigenvalue weighted by Gasteiger charge is 2.40.